The third-order valence-corrected chi connectivity index (χ3v) is 4.03. The quantitative estimate of drug-likeness (QED) is 0.861. The molecular weight excluding hydrogens is 302 g/mol. The van der Waals surface area contributed by atoms with Crippen LogP contribution in [-0.4, -0.2) is 13.2 Å². The molecule has 19 heavy (non-hydrogen) atoms. The Morgan fingerprint density at radius 1 is 1.42 bits per heavy atom. The molecule has 0 aliphatic carbocycles. The van der Waals surface area contributed by atoms with Gasteiger partial charge in [0, 0.05) is 4.47 Å². The zero-order chi connectivity index (χ0) is 13.7. The molecule has 1 atom stereocenters. The average molecular weight is 324 g/mol. The van der Waals surface area contributed by atoms with Crippen LogP contribution in [0.5, 0.6) is 0 Å². The minimum absolute atomic E-state index is 0.162. The summed E-state index contributed by atoms with van der Waals surface area (Å²) < 4.78 is 7.00. The van der Waals surface area contributed by atoms with E-state index in [4.69, 9.17) is 4.74 Å². The van der Waals surface area contributed by atoms with Crippen LogP contribution < -0.4 is 5.32 Å². The second-order valence-electron chi connectivity index (χ2n) is 5.01. The molecule has 1 aromatic carbocycles. The molecule has 0 aromatic heterocycles. The van der Waals surface area contributed by atoms with Gasteiger partial charge >= 0.3 is 0 Å². The van der Waals surface area contributed by atoms with Crippen LogP contribution >= 0.6 is 15.9 Å². The van der Waals surface area contributed by atoms with Crippen LogP contribution in [0.2, 0.25) is 0 Å². The molecule has 3 heteroatoms. The smallest absolute Gasteiger partial charge is 0.113 e. The maximum atomic E-state index is 5.86. The second kappa shape index (κ2) is 7.11. The van der Waals surface area contributed by atoms with E-state index in [-0.39, 0.29) is 6.04 Å². The van der Waals surface area contributed by atoms with Crippen molar-refractivity contribution in [2.24, 2.45) is 0 Å². The number of hydrogen-bond acceptors (Lipinski definition) is 2. The van der Waals surface area contributed by atoms with Crippen LogP contribution in [0.25, 0.3) is 0 Å². The van der Waals surface area contributed by atoms with E-state index in [1.807, 2.05) is 0 Å². The summed E-state index contributed by atoms with van der Waals surface area (Å²) in [7, 11) is 0. The molecule has 1 unspecified atom stereocenters. The third-order valence-electron chi connectivity index (χ3n) is 3.31. The summed E-state index contributed by atoms with van der Waals surface area (Å²) in [5.74, 6) is 1.08. The van der Waals surface area contributed by atoms with Crippen molar-refractivity contribution in [2.45, 2.75) is 39.2 Å². The number of allylic oxidation sites excluding steroid dienone is 1. The van der Waals surface area contributed by atoms with Gasteiger partial charge in [0.1, 0.15) is 5.76 Å². The van der Waals surface area contributed by atoms with Crippen LogP contribution in [-0.2, 0) is 4.74 Å². The first-order valence-electron chi connectivity index (χ1n) is 7.04. The van der Waals surface area contributed by atoms with Gasteiger partial charge in [-0.15, -0.1) is 0 Å². The van der Waals surface area contributed by atoms with Gasteiger partial charge in [-0.3, -0.25) is 0 Å². The first-order chi connectivity index (χ1) is 9.22. The minimum Gasteiger partial charge on any atom is -0.496 e. The molecule has 0 bridgehead atoms. The van der Waals surface area contributed by atoms with Gasteiger partial charge in [-0.25, -0.2) is 0 Å². The Labute approximate surface area is 124 Å². The van der Waals surface area contributed by atoms with E-state index in [2.05, 4.69) is 59.4 Å². The van der Waals surface area contributed by atoms with E-state index < -0.39 is 0 Å². The van der Waals surface area contributed by atoms with E-state index in [0.29, 0.717) is 0 Å². The molecular formula is C16H22BrNO. The van der Waals surface area contributed by atoms with Crippen molar-refractivity contribution in [1.82, 2.24) is 5.32 Å². The minimum atomic E-state index is 0.162. The molecule has 2 rings (SSSR count). The summed E-state index contributed by atoms with van der Waals surface area (Å²) in [5, 5.41) is 3.60. The summed E-state index contributed by atoms with van der Waals surface area (Å²) in [6.45, 7) is 6.14. The van der Waals surface area contributed by atoms with Gasteiger partial charge in [-0.1, -0.05) is 40.5 Å². The first-order valence-corrected chi connectivity index (χ1v) is 7.84. The van der Waals surface area contributed by atoms with Crippen molar-refractivity contribution >= 4 is 15.9 Å². The second-order valence-corrected chi connectivity index (χ2v) is 5.86. The van der Waals surface area contributed by atoms with Crippen LogP contribution in [0.15, 0.2) is 34.5 Å². The number of ether oxygens (including phenoxy) is 1. The van der Waals surface area contributed by atoms with Gasteiger partial charge in [0.15, 0.2) is 0 Å². The molecule has 0 saturated heterocycles. The predicted octanol–water partition coefficient (Wildman–Crippen LogP) is 4.49. The lowest BCUT2D eigenvalue weighted by Crippen LogP contribution is -2.26. The Balaban J connectivity index is 2.30. The van der Waals surface area contributed by atoms with Crippen LogP contribution in [0.1, 0.15) is 43.4 Å². The molecule has 1 heterocycles. The first kappa shape index (κ1) is 14.6. The van der Waals surface area contributed by atoms with Crippen LogP contribution in [0.3, 0.4) is 0 Å². The summed E-state index contributed by atoms with van der Waals surface area (Å²) in [5.41, 5.74) is 2.54. The van der Waals surface area contributed by atoms with Crippen molar-refractivity contribution in [1.29, 1.82) is 0 Å². The highest BCUT2D eigenvalue weighted by atomic mass is 79.9. The number of hydrogen-bond donors (Lipinski definition) is 1. The Kier molecular flexibility index (Phi) is 5.46. The van der Waals surface area contributed by atoms with Gasteiger partial charge in [0.25, 0.3) is 0 Å². The number of rotatable bonds is 5. The van der Waals surface area contributed by atoms with Crippen molar-refractivity contribution in [3.63, 3.8) is 0 Å². The maximum absolute atomic E-state index is 5.86. The summed E-state index contributed by atoms with van der Waals surface area (Å²) in [6.07, 6.45) is 5.58. The SMILES string of the molecule is CCCNC(C1=CCCCO1)c1cc(C)ccc1Br. The highest BCUT2D eigenvalue weighted by Crippen LogP contribution is 2.31. The number of nitrogens with one attached hydrogen (secondary N) is 1. The maximum Gasteiger partial charge on any atom is 0.113 e. The average Bonchev–Trinajstić information content (AvgIpc) is 2.44. The molecule has 1 aliphatic heterocycles. The van der Waals surface area contributed by atoms with E-state index in [1.54, 1.807) is 0 Å². The topological polar surface area (TPSA) is 21.3 Å². The van der Waals surface area contributed by atoms with Crippen molar-refractivity contribution < 1.29 is 4.74 Å². The Morgan fingerprint density at radius 3 is 2.95 bits per heavy atom. The van der Waals surface area contributed by atoms with E-state index >= 15 is 0 Å². The Hall–Kier alpha value is -0.800. The molecule has 104 valence electrons. The molecule has 0 spiro atoms. The third kappa shape index (κ3) is 3.83. The zero-order valence-electron chi connectivity index (χ0n) is 11.7. The number of aryl methyl sites for hydroxylation is 1. The lowest BCUT2D eigenvalue weighted by atomic mass is 10.0. The van der Waals surface area contributed by atoms with Gasteiger partial charge in [-0.2, -0.15) is 0 Å². The highest BCUT2D eigenvalue weighted by Gasteiger charge is 2.21. The lowest BCUT2D eigenvalue weighted by molar-refractivity contribution is 0.167. The molecule has 0 fully saturated rings. The van der Waals surface area contributed by atoms with Gasteiger partial charge in [-0.05, 0) is 50.4 Å². The largest absolute Gasteiger partial charge is 0.496 e. The molecule has 1 aromatic rings. The predicted molar refractivity (Wildman–Crippen MR) is 83.2 cm³/mol. The van der Waals surface area contributed by atoms with Crippen LogP contribution in [0.4, 0.5) is 0 Å². The van der Waals surface area contributed by atoms with E-state index in [0.717, 1.165) is 42.6 Å². The fraction of sp³-hybridized carbons (Fsp3) is 0.500. The van der Waals surface area contributed by atoms with Gasteiger partial charge < -0.3 is 10.1 Å². The molecule has 1 aliphatic rings. The van der Waals surface area contributed by atoms with E-state index in [1.165, 1.54) is 11.1 Å². The zero-order valence-corrected chi connectivity index (χ0v) is 13.3. The summed E-state index contributed by atoms with van der Waals surface area (Å²) in [4.78, 5) is 0. The van der Waals surface area contributed by atoms with Crippen molar-refractivity contribution in [3.05, 3.63) is 45.6 Å². The standard InChI is InChI=1S/C16H22BrNO/c1-3-9-18-16(15-6-4-5-10-19-15)13-11-12(2)7-8-14(13)17/h6-8,11,16,18H,3-5,9-10H2,1-2H3. The summed E-state index contributed by atoms with van der Waals surface area (Å²) in [6, 6.07) is 6.64. The van der Waals surface area contributed by atoms with Gasteiger partial charge in [0.2, 0.25) is 0 Å². The van der Waals surface area contributed by atoms with E-state index in [9.17, 15) is 0 Å². The normalized spacial score (nSPS) is 16.7. The molecule has 0 amide bonds. The number of benzene rings is 1. The molecule has 2 nitrogen and oxygen atoms in total. The van der Waals surface area contributed by atoms with Crippen LogP contribution in [0, 0.1) is 6.92 Å². The summed E-state index contributed by atoms with van der Waals surface area (Å²) >= 11 is 3.67. The fourth-order valence-corrected chi connectivity index (χ4v) is 2.79. The van der Waals surface area contributed by atoms with Crippen molar-refractivity contribution in [3.8, 4) is 0 Å². The Bertz CT molecular complexity index is 456. The monoisotopic (exact) mass is 323 g/mol. The number of halogens is 1. The Morgan fingerprint density at radius 2 is 2.26 bits per heavy atom. The lowest BCUT2D eigenvalue weighted by Gasteiger charge is -2.26. The molecule has 0 saturated carbocycles. The fourth-order valence-electron chi connectivity index (χ4n) is 2.31. The molecule has 0 radical (unpaired) electrons. The molecule has 1 N–H and O–H groups in total. The highest BCUT2D eigenvalue weighted by molar-refractivity contribution is 9.10. The van der Waals surface area contributed by atoms with Crippen molar-refractivity contribution in [2.75, 3.05) is 13.2 Å². The van der Waals surface area contributed by atoms with Gasteiger partial charge in [0.05, 0.1) is 12.6 Å².